The van der Waals surface area contributed by atoms with Crippen LogP contribution in [0.5, 0.6) is 11.6 Å². The van der Waals surface area contributed by atoms with Crippen molar-refractivity contribution >= 4 is 11.6 Å². The zero-order valence-electron chi connectivity index (χ0n) is 15.4. The van der Waals surface area contributed by atoms with Crippen molar-refractivity contribution in [3.8, 4) is 11.6 Å². The molecule has 146 valence electrons. The fourth-order valence-corrected chi connectivity index (χ4v) is 2.79. The summed E-state index contributed by atoms with van der Waals surface area (Å²) >= 11 is 6.13. The van der Waals surface area contributed by atoms with Crippen LogP contribution in [0.15, 0.2) is 66.9 Å². The molecule has 0 aliphatic rings. The van der Waals surface area contributed by atoms with Gasteiger partial charge in [-0.15, -0.1) is 0 Å². The largest absolute Gasteiger partial charge is 0.489 e. The van der Waals surface area contributed by atoms with E-state index in [4.69, 9.17) is 21.1 Å². The third-order valence-corrected chi connectivity index (χ3v) is 4.27. The normalized spacial score (nSPS) is 10.6. The number of halogens is 2. The molecule has 0 spiro atoms. The van der Waals surface area contributed by atoms with E-state index >= 15 is 0 Å². The molecule has 0 aliphatic carbocycles. The van der Waals surface area contributed by atoms with Crippen molar-refractivity contribution in [2.75, 3.05) is 13.2 Å². The fraction of sp³-hybridized carbons (Fsp3) is 0.227. The maximum absolute atomic E-state index is 13.0. The topological polar surface area (TPSA) is 43.4 Å². The molecular weight excluding hydrogens is 379 g/mol. The highest BCUT2D eigenvalue weighted by atomic mass is 35.5. The molecule has 0 unspecified atom stereocenters. The number of hydrogen-bond acceptors (Lipinski definition) is 4. The lowest BCUT2D eigenvalue weighted by Crippen LogP contribution is -2.17. The summed E-state index contributed by atoms with van der Waals surface area (Å²) < 4.78 is 24.5. The van der Waals surface area contributed by atoms with Crippen LogP contribution in [0, 0.1) is 5.82 Å². The van der Waals surface area contributed by atoms with Crippen LogP contribution in [0.25, 0.3) is 0 Å². The maximum Gasteiger partial charge on any atom is 0.213 e. The van der Waals surface area contributed by atoms with Crippen LogP contribution in [0.3, 0.4) is 0 Å². The van der Waals surface area contributed by atoms with Crippen LogP contribution in [-0.2, 0) is 13.2 Å². The van der Waals surface area contributed by atoms with E-state index < -0.39 is 0 Å². The SMILES string of the molecule is Fc1ccc(COc2ccc(Cl)cc2CNCCCOc2ccccn2)cc1. The molecule has 0 fully saturated rings. The molecule has 1 heterocycles. The lowest BCUT2D eigenvalue weighted by atomic mass is 10.2. The van der Waals surface area contributed by atoms with Gasteiger partial charge in [0.05, 0.1) is 6.61 Å². The summed E-state index contributed by atoms with van der Waals surface area (Å²) in [4.78, 5) is 4.12. The van der Waals surface area contributed by atoms with E-state index in [1.807, 2.05) is 30.3 Å². The number of rotatable bonds is 10. The van der Waals surface area contributed by atoms with E-state index in [1.165, 1.54) is 12.1 Å². The van der Waals surface area contributed by atoms with Crippen LogP contribution in [0.4, 0.5) is 4.39 Å². The zero-order chi connectivity index (χ0) is 19.6. The van der Waals surface area contributed by atoms with E-state index in [9.17, 15) is 4.39 Å². The molecule has 3 aromatic rings. The van der Waals surface area contributed by atoms with Crippen LogP contribution in [-0.4, -0.2) is 18.1 Å². The van der Waals surface area contributed by atoms with Crippen molar-refractivity contribution in [1.29, 1.82) is 0 Å². The quantitative estimate of drug-likeness (QED) is 0.486. The summed E-state index contributed by atoms with van der Waals surface area (Å²) in [6.07, 6.45) is 2.56. The summed E-state index contributed by atoms with van der Waals surface area (Å²) in [6.45, 7) is 2.37. The van der Waals surface area contributed by atoms with Gasteiger partial charge in [0.25, 0.3) is 0 Å². The Labute approximate surface area is 169 Å². The van der Waals surface area contributed by atoms with Gasteiger partial charge in [0.15, 0.2) is 0 Å². The molecule has 0 saturated carbocycles. The van der Waals surface area contributed by atoms with Crippen molar-refractivity contribution < 1.29 is 13.9 Å². The van der Waals surface area contributed by atoms with Gasteiger partial charge in [-0.2, -0.15) is 0 Å². The number of hydrogen-bond donors (Lipinski definition) is 1. The minimum Gasteiger partial charge on any atom is -0.489 e. The van der Waals surface area contributed by atoms with Gasteiger partial charge in [-0.25, -0.2) is 9.37 Å². The van der Waals surface area contributed by atoms with E-state index in [-0.39, 0.29) is 5.82 Å². The number of benzene rings is 2. The lowest BCUT2D eigenvalue weighted by molar-refractivity contribution is 0.294. The second-order valence-corrected chi connectivity index (χ2v) is 6.65. The first-order chi connectivity index (χ1) is 13.7. The predicted octanol–water partition coefficient (Wildman–Crippen LogP) is 5.01. The third-order valence-electron chi connectivity index (χ3n) is 4.03. The van der Waals surface area contributed by atoms with Gasteiger partial charge in [0.1, 0.15) is 18.2 Å². The summed E-state index contributed by atoms with van der Waals surface area (Å²) in [7, 11) is 0. The molecule has 2 aromatic carbocycles. The molecule has 1 N–H and O–H groups in total. The van der Waals surface area contributed by atoms with E-state index in [2.05, 4.69) is 10.3 Å². The third kappa shape index (κ3) is 6.51. The molecule has 0 atom stereocenters. The molecule has 0 amide bonds. The van der Waals surface area contributed by atoms with E-state index in [0.29, 0.717) is 30.7 Å². The number of nitrogens with zero attached hydrogens (tertiary/aromatic N) is 1. The average molecular weight is 401 g/mol. The highest BCUT2D eigenvalue weighted by Crippen LogP contribution is 2.24. The Morgan fingerprint density at radius 2 is 1.86 bits per heavy atom. The van der Waals surface area contributed by atoms with Crippen molar-refractivity contribution in [2.24, 2.45) is 0 Å². The molecular formula is C22H22ClFN2O2. The Bertz CT molecular complexity index is 860. The Morgan fingerprint density at radius 1 is 1.00 bits per heavy atom. The van der Waals surface area contributed by atoms with Gasteiger partial charge in [-0.1, -0.05) is 29.8 Å². The van der Waals surface area contributed by atoms with E-state index in [0.717, 1.165) is 29.8 Å². The van der Waals surface area contributed by atoms with Crippen LogP contribution >= 0.6 is 11.6 Å². The number of nitrogens with one attached hydrogen (secondary N) is 1. The Kier molecular flexibility index (Phi) is 7.64. The first-order valence-electron chi connectivity index (χ1n) is 9.11. The summed E-state index contributed by atoms with van der Waals surface area (Å²) in [6, 6.07) is 17.4. The first-order valence-corrected chi connectivity index (χ1v) is 9.49. The van der Waals surface area contributed by atoms with Crippen molar-refractivity contribution in [2.45, 2.75) is 19.6 Å². The molecule has 1 aromatic heterocycles. The van der Waals surface area contributed by atoms with E-state index in [1.54, 1.807) is 24.4 Å². The Hall–Kier alpha value is -2.63. The minimum absolute atomic E-state index is 0.257. The van der Waals surface area contributed by atoms with Crippen LogP contribution < -0.4 is 14.8 Å². The molecule has 28 heavy (non-hydrogen) atoms. The maximum atomic E-state index is 13.0. The minimum atomic E-state index is -0.257. The van der Waals surface area contributed by atoms with Gasteiger partial charge in [0, 0.05) is 29.4 Å². The van der Waals surface area contributed by atoms with Crippen LogP contribution in [0.2, 0.25) is 5.02 Å². The molecule has 0 radical (unpaired) electrons. The smallest absolute Gasteiger partial charge is 0.213 e. The Morgan fingerprint density at radius 3 is 2.64 bits per heavy atom. The summed E-state index contributed by atoms with van der Waals surface area (Å²) in [5, 5.41) is 4.03. The highest BCUT2D eigenvalue weighted by Gasteiger charge is 2.06. The lowest BCUT2D eigenvalue weighted by Gasteiger charge is -2.13. The van der Waals surface area contributed by atoms with Gasteiger partial charge >= 0.3 is 0 Å². The molecule has 0 aliphatic heterocycles. The predicted molar refractivity (Wildman–Crippen MR) is 108 cm³/mol. The molecule has 0 bridgehead atoms. The molecule has 0 saturated heterocycles. The zero-order valence-corrected chi connectivity index (χ0v) is 16.2. The van der Waals surface area contributed by atoms with Gasteiger partial charge in [0.2, 0.25) is 5.88 Å². The van der Waals surface area contributed by atoms with Gasteiger partial charge in [-0.05, 0) is 54.9 Å². The summed E-state index contributed by atoms with van der Waals surface area (Å²) in [5.41, 5.74) is 1.88. The van der Waals surface area contributed by atoms with Gasteiger partial charge in [-0.3, -0.25) is 0 Å². The summed E-state index contributed by atoms with van der Waals surface area (Å²) in [5.74, 6) is 1.13. The molecule has 3 rings (SSSR count). The standard InChI is InChI=1S/C22H22ClFN2O2/c23-19-7-10-21(28-16-17-5-8-20(24)9-6-17)18(14-19)15-25-11-3-13-27-22-4-1-2-12-26-22/h1-2,4-10,12,14,25H,3,11,13,15-16H2. The fourth-order valence-electron chi connectivity index (χ4n) is 2.60. The molecule has 6 heteroatoms. The van der Waals surface area contributed by atoms with Crippen molar-refractivity contribution in [3.63, 3.8) is 0 Å². The van der Waals surface area contributed by atoms with Crippen molar-refractivity contribution in [3.05, 3.63) is 88.8 Å². The number of ether oxygens (including phenoxy) is 2. The second-order valence-electron chi connectivity index (χ2n) is 6.21. The second kappa shape index (κ2) is 10.6. The van der Waals surface area contributed by atoms with Gasteiger partial charge < -0.3 is 14.8 Å². The number of aromatic nitrogens is 1. The monoisotopic (exact) mass is 400 g/mol. The van der Waals surface area contributed by atoms with Crippen LogP contribution in [0.1, 0.15) is 17.5 Å². The molecule has 4 nitrogen and oxygen atoms in total. The van der Waals surface area contributed by atoms with Crippen molar-refractivity contribution in [1.82, 2.24) is 10.3 Å². The average Bonchev–Trinajstić information content (AvgIpc) is 2.72. The number of pyridine rings is 1. The first kappa shape index (κ1) is 20.1. The Balaban J connectivity index is 1.45. The highest BCUT2D eigenvalue weighted by molar-refractivity contribution is 6.30.